The molecule has 4 rings (SSSR count). The molecule has 1 saturated heterocycles. The first kappa shape index (κ1) is 30.6. The van der Waals surface area contributed by atoms with E-state index in [2.05, 4.69) is 10.6 Å². The Kier molecular flexibility index (Phi) is 8.68. The van der Waals surface area contributed by atoms with E-state index in [0.717, 1.165) is 12.1 Å². The quantitative estimate of drug-likeness (QED) is 0.126. The van der Waals surface area contributed by atoms with E-state index in [9.17, 15) is 52.8 Å². The molecule has 0 saturated carbocycles. The van der Waals surface area contributed by atoms with Crippen LogP contribution in [0.1, 0.15) is 34.5 Å². The van der Waals surface area contributed by atoms with Crippen molar-refractivity contribution in [2.24, 2.45) is 0 Å². The van der Waals surface area contributed by atoms with Gasteiger partial charge in [-0.05, 0) is 42.7 Å². The van der Waals surface area contributed by atoms with E-state index >= 15 is 0 Å². The number of fused-ring (bicyclic) bond motifs is 1. The van der Waals surface area contributed by atoms with Gasteiger partial charge in [-0.15, -0.1) is 0 Å². The fourth-order valence-electron chi connectivity index (χ4n) is 4.59. The van der Waals surface area contributed by atoms with Crippen molar-refractivity contribution >= 4 is 49.7 Å². The summed E-state index contributed by atoms with van der Waals surface area (Å²) in [7, 11) is -6.77. The van der Waals surface area contributed by atoms with Gasteiger partial charge in [-0.1, -0.05) is 18.2 Å². The summed E-state index contributed by atoms with van der Waals surface area (Å²) in [5, 5.41) is 23.6. The molecule has 0 unspecified atom stereocenters. The second-order valence-corrected chi connectivity index (χ2v) is 11.0. The molecular weight excluding hydrogens is 581 g/mol. The number of hydrogen-bond donors (Lipinski definition) is 6. The summed E-state index contributed by atoms with van der Waals surface area (Å²) in [6, 6.07) is 3.57. The van der Waals surface area contributed by atoms with Crippen LogP contribution in [0.3, 0.4) is 0 Å². The monoisotopic (exact) mass is 606 g/mol. The van der Waals surface area contributed by atoms with Gasteiger partial charge in [0.25, 0.3) is 0 Å². The normalized spacial score (nSPS) is 17.7. The Hall–Kier alpha value is -4.31. The maximum absolute atomic E-state index is 14.7. The smallest absolute Gasteiger partial charge is 0.534 e. The molecule has 2 atom stereocenters. The highest BCUT2D eigenvalue weighted by molar-refractivity contribution is 7.60. The number of likely N-dealkylation sites (N-methyl/N-ethyl adjacent to an activating group) is 1. The number of carbonyl (C=O) groups excluding carboxylic acids is 4. The van der Waals surface area contributed by atoms with E-state index in [1.165, 1.54) is 23.1 Å². The average Bonchev–Trinajstić information content (AvgIpc) is 2.92. The van der Waals surface area contributed by atoms with Gasteiger partial charge >= 0.3 is 38.5 Å². The molecule has 0 aliphatic carbocycles. The lowest BCUT2D eigenvalue weighted by molar-refractivity contribution is -0.153. The molecule has 0 aromatic heterocycles. The second-order valence-electron chi connectivity index (χ2n) is 9.41. The highest BCUT2D eigenvalue weighted by atomic mass is 31.2. The maximum Gasteiger partial charge on any atom is 0.547 e. The lowest BCUT2D eigenvalue weighted by Gasteiger charge is -2.33. The number of benzene rings is 2. The number of aromatic carboxylic acids is 1. The Balaban J connectivity index is 1.62. The molecule has 0 radical (unpaired) electrons. The Labute approximate surface area is 237 Å². The van der Waals surface area contributed by atoms with Gasteiger partial charge in [0.05, 0.1) is 16.8 Å². The molecule has 2 aromatic carbocycles. The number of nitrogens with one attached hydrogen (secondary N) is 2. The van der Waals surface area contributed by atoms with Crippen LogP contribution in [0.2, 0.25) is 0 Å². The Morgan fingerprint density at radius 3 is 2.50 bits per heavy atom. The van der Waals surface area contributed by atoms with Crippen LogP contribution >= 0.6 is 7.60 Å². The highest BCUT2D eigenvalue weighted by Crippen LogP contribution is 2.35. The molecular formula is C24H25BFN4O11P. The fourth-order valence-corrected chi connectivity index (χ4v) is 5.20. The average molecular weight is 606 g/mol. The van der Waals surface area contributed by atoms with Crippen LogP contribution in [-0.2, 0) is 25.4 Å². The van der Waals surface area contributed by atoms with Crippen molar-refractivity contribution in [1.29, 1.82) is 0 Å². The van der Waals surface area contributed by atoms with Gasteiger partial charge in [-0.3, -0.25) is 23.8 Å². The summed E-state index contributed by atoms with van der Waals surface area (Å²) in [4.78, 5) is 83.3. The molecule has 0 bridgehead atoms. The lowest BCUT2D eigenvalue weighted by Crippen LogP contribution is -2.60. The van der Waals surface area contributed by atoms with Crippen molar-refractivity contribution in [2.45, 2.75) is 25.3 Å². The number of nitrogens with zero attached hydrogens (tertiary/aromatic N) is 2. The molecule has 18 heteroatoms. The maximum atomic E-state index is 14.7. The molecule has 2 heterocycles. The van der Waals surface area contributed by atoms with Gasteiger partial charge in [0.1, 0.15) is 17.6 Å². The summed E-state index contributed by atoms with van der Waals surface area (Å²) >= 11 is 0. The Morgan fingerprint density at radius 1 is 1.17 bits per heavy atom. The molecule has 2 aliphatic rings. The van der Waals surface area contributed by atoms with Crippen LogP contribution in [0.25, 0.3) is 0 Å². The largest absolute Gasteiger partial charge is 0.547 e. The van der Waals surface area contributed by atoms with Crippen molar-refractivity contribution in [3.8, 4) is 5.75 Å². The number of halogens is 1. The number of para-hydroxylation sites is 1. The number of carboxylic acid groups (broad SMARTS) is 1. The van der Waals surface area contributed by atoms with Gasteiger partial charge in [0.2, 0.25) is 5.91 Å². The van der Waals surface area contributed by atoms with Crippen LogP contribution in [0.5, 0.6) is 5.75 Å². The summed E-state index contributed by atoms with van der Waals surface area (Å²) in [6.07, 6.45) is -0.110. The van der Waals surface area contributed by atoms with E-state index < -0.39 is 67.5 Å². The SMILES string of the molecule is CCN1CCN(C(=O)N[C@@H](C(=O)N[C@H]2Cc3cccc(C(=O)O)c3OB2O)c2ccc(P(=O)(O)O)c(F)c2)C(=O)C1=O. The van der Waals surface area contributed by atoms with Crippen molar-refractivity contribution < 1.29 is 57.5 Å². The van der Waals surface area contributed by atoms with Gasteiger partial charge in [0, 0.05) is 19.6 Å². The van der Waals surface area contributed by atoms with Crippen LogP contribution in [0.4, 0.5) is 9.18 Å². The van der Waals surface area contributed by atoms with Crippen molar-refractivity contribution in [3.63, 3.8) is 0 Å². The highest BCUT2D eigenvalue weighted by Gasteiger charge is 2.41. The first-order valence-electron chi connectivity index (χ1n) is 12.5. The molecule has 2 aromatic rings. The van der Waals surface area contributed by atoms with E-state index in [0.29, 0.717) is 16.5 Å². The Morgan fingerprint density at radius 2 is 1.88 bits per heavy atom. The number of carboxylic acids is 1. The van der Waals surface area contributed by atoms with Gasteiger partial charge in [-0.25, -0.2) is 14.0 Å². The topological polar surface area (TPSA) is 223 Å². The van der Waals surface area contributed by atoms with Crippen molar-refractivity contribution in [3.05, 3.63) is 58.9 Å². The third-order valence-electron chi connectivity index (χ3n) is 6.76. The number of rotatable bonds is 7. The minimum Gasteiger partial charge on any atom is -0.534 e. The standard InChI is InChI=1S/C24H25BFN4O11P/c1-2-29-8-9-30(22(33)21(29)32)24(36)28-18(12-6-7-16(15(26)10-12)42(38,39)40)20(31)27-17-11-13-4-3-5-14(23(34)35)19(13)41-25(17)37/h3-7,10,17-18,37H,2,8-9,11H2,1H3,(H,27,31)(H,28,36)(H,34,35)(H2,38,39,40)/t17-,18+/m0/s1. The zero-order valence-electron chi connectivity index (χ0n) is 21.9. The fraction of sp³-hybridized carbons (Fsp3) is 0.292. The first-order chi connectivity index (χ1) is 19.7. The molecule has 42 heavy (non-hydrogen) atoms. The molecule has 15 nitrogen and oxygen atoms in total. The zero-order chi connectivity index (χ0) is 30.9. The molecule has 6 N–H and O–H groups in total. The number of amides is 5. The molecule has 2 aliphatic heterocycles. The van der Waals surface area contributed by atoms with E-state index in [1.54, 1.807) is 6.92 Å². The number of imide groups is 1. The summed E-state index contributed by atoms with van der Waals surface area (Å²) in [5.74, 6) is -7.14. The summed E-state index contributed by atoms with van der Waals surface area (Å²) in [5.41, 5.74) is -0.174. The molecule has 1 fully saturated rings. The van der Waals surface area contributed by atoms with Crippen LogP contribution in [-0.4, -0.2) is 92.1 Å². The van der Waals surface area contributed by atoms with Gasteiger partial charge in [-0.2, -0.15) is 0 Å². The molecule has 222 valence electrons. The van der Waals surface area contributed by atoms with E-state index in [1.807, 2.05) is 0 Å². The number of urea groups is 1. The predicted molar refractivity (Wildman–Crippen MR) is 141 cm³/mol. The Bertz CT molecular complexity index is 1520. The third kappa shape index (κ3) is 6.13. The van der Waals surface area contributed by atoms with E-state index in [-0.39, 0.29) is 42.9 Å². The zero-order valence-corrected chi connectivity index (χ0v) is 22.8. The van der Waals surface area contributed by atoms with E-state index in [4.69, 9.17) is 4.65 Å². The van der Waals surface area contributed by atoms with Crippen LogP contribution in [0, 0.1) is 5.82 Å². The van der Waals surface area contributed by atoms with Gasteiger partial charge < -0.3 is 40.1 Å². The number of piperazine rings is 1. The summed E-state index contributed by atoms with van der Waals surface area (Å²) < 4.78 is 31.6. The van der Waals surface area contributed by atoms with Gasteiger partial charge in [0.15, 0.2) is 0 Å². The lowest BCUT2D eigenvalue weighted by atomic mass is 9.72. The third-order valence-corrected chi connectivity index (χ3v) is 7.75. The predicted octanol–water partition coefficient (Wildman–Crippen LogP) is -1.09. The first-order valence-corrected chi connectivity index (χ1v) is 14.1. The molecule has 5 amide bonds. The molecule has 0 spiro atoms. The second kappa shape index (κ2) is 11.9. The van der Waals surface area contributed by atoms with Crippen molar-refractivity contribution in [2.75, 3.05) is 19.6 Å². The van der Waals surface area contributed by atoms with Crippen LogP contribution < -0.4 is 20.6 Å². The number of carbonyl (C=O) groups is 5. The number of hydrogen-bond acceptors (Lipinski definition) is 8. The summed E-state index contributed by atoms with van der Waals surface area (Å²) in [6.45, 7) is 1.68. The minimum absolute atomic E-state index is 0.0281. The van der Waals surface area contributed by atoms with Crippen LogP contribution in [0.15, 0.2) is 36.4 Å². The minimum atomic E-state index is -5.03. The van der Waals surface area contributed by atoms with Crippen molar-refractivity contribution in [1.82, 2.24) is 20.4 Å².